The van der Waals surface area contributed by atoms with E-state index in [9.17, 15) is 14.0 Å². The van der Waals surface area contributed by atoms with Crippen molar-refractivity contribution in [3.63, 3.8) is 0 Å². The van der Waals surface area contributed by atoms with E-state index in [1.165, 1.54) is 24.3 Å². The topological polar surface area (TPSA) is 66.4 Å². The van der Waals surface area contributed by atoms with E-state index in [4.69, 9.17) is 5.11 Å². The number of nitrogens with one attached hydrogen (secondary N) is 1. The highest BCUT2D eigenvalue weighted by Gasteiger charge is 2.37. The van der Waals surface area contributed by atoms with Crippen LogP contribution in [0, 0.1) is 5.82 Å². The first-order valence-corrected chi connectivity index (χ1v) is 6.31. The highest BCUT2D eigenvalue weighted by Crippen LogP contribution is 2.32. The van der Waals surface area contributed by atoms with Crippen molar-refractivity contribution in [1.82, 2.24) is 5.32 Å². The lowest BCUT2D eigenvalue weighted by Crippen LogP contribution is -2.47. The third kappa shape index (κ3) is 3.30. The van der Waals surface area contributed by atoms with Gasteiger partial charge in [-0.15, -0.1) is 0 Å². The van der Waals surface area contributed by atoms with Gasteiger partial charge in [-0.05, 0) is 37.1 Å². The zero-order valence-corrected chi connectivity index (χ0v) is 10.5. The summed E-state index contributed by atoms with van der Waals surface area (Å²) in [6.45, 7) is 0. The van der Waals surface area contributed by atoms with Gasteiger partial charge >= 0.3 is 5.97 Å². The molecule has 0 atom stereocenters. The SMILES string of the molecule is O=C(O)CC1(NC(=O)c2ccc(F)cc2)CCCC1. The first-order chi connectivity index (χ1) is 9.01. The molecule has 0 heterocycles. The molecule has 1 aromatic carbocycles. The molecule has 1 aliphatic rings. The molecule has 0 aromatic heterocycles. The Morgan fingerprint density at radius 3 is 2.32 bits per heavy atom. The largest absolute Gasteiger partial charge is 0.481 e. The van der Waals surface area contributed by atoms with Crippen molar-refractivity contribution in [3.05, 3.63) is 35.6 Å². The van der Waals surface area contributed by atoms with Gasteiger partial charge in [-0.25, -0.2) is 4.39 Å². The van der Waals surface area contributed by atoms with Gasteiger partial charge < -0.3 is 10.4 Å². The lowest BCUT2D eigenvalue weighted by Gasteiger charge is -2.28. The summed E-state index contributed by atoms with van der Waals surface area (Å²) in [5.41, 5.74) is -0.310. The molecule has 0 radical (unpaired) electrons. The average Bonchev–Trinajstić information content (AvgIpc) is 2.77. The van der Waals surface area contributed by atoms with E-state index in [0.29, 0.717) is 18.4 Å². The maximum Gasteiger partial charge on any atom is 0.305 e. The van der Waals surface area contributed by atoms with Gasteiger partial charge in [-0.2, -0.15) is 0 Å². The second-order valence-electron chi connectivity index (χ2n) is 5.02. The highest BCUT2D eigenvalue weighted by atomic mass is 19.1. The fourth-order valence-electron chi connectivity index (χ4n) is 2.60. The average molecular weight is 265 g/mol. The number of hydrogen-bond donors (Lipinski definition) is 2. The van der Waals surface area contributed by atoms with Gasteiger partial charge in [0.25, 0.3) is 5.91 Å². The molecule has 2 N–H and O–H groups in total. The Bertz CT molecular complexity index is 478. The Kier molecular flexibility index (Phi) is 3.83. The monoisotopic (exact) mass is 265 g/mol. The molecule has 0 saturated heterocycles. The van der Waals surface area contributed by atoms with Crippen LogP contribution < -0.4 is 5.32 Å². The van der Waals surface area contributed by atoms with E-state index in [-0.39, 0.29) is 12.3 Å². The Labute approximate surface area is 110 Å². The number of aliphatic carboxylic acids is 1. The zero-order valence-electron chi connectivity index (χ0n) is 10.5. The van der Waals surface area contributed by atoms with Crippen LogP contribution in [0.2, 0.25) is 0 Å². The van der Waals surface area contributed by atoms with Gasteiger partial charge in [-0.1, -0.05) is 12.8 Å². The summed E-state index contributed by atoms with van der Waals surface area (Å²) >= 11 is 0. The van der Waals surface area contributed by atoms with Crippen LogP contribution in [0.3, 0.4) is 0 Å². The minimum absolute atomic E-state index is 0.0695. The minimum Gasteiger partial charge on any atom is -0.481 e. The Hall–Kier alpha value is -1.91. The van der Waals surface area contributed by atoms with Crippen molar-refractivity contribution in [2.75, 3.05) is 0 Å². The number of halogens is 1. The Balaban J connectivity index is 2.11. The van der Waals surface area contributed by atoms with Crippen LogP contribution in [0.15, 0.2) is 24.3 Å². The number of amides is 1. The number of carboxylic acids is 1. The van der Waals surface area contributed by atoms with E-state index < -0.39 is 17.3 Å². The second kappa shape index (κ2) is 5.38. The molecule has 1 aliphatic carbocycles. The number of carbonyl (C=O) groups is 2. The Morgan fingerprint density at radius 1 is 1.21 bits per heavy atom. The lowest BCUT2D eigenvalue weighted by atomic mass is 9.92. The lowest BCUT2D eigenvalue weighted by molar-refractivity contribution is -0.138. The number of carboxylic acid groups (broad SMARTS) is 1. The molecule has 1 fully saturated rings. The van der Waals surface area contributed by atoms with Crippen molar-refractivity contribution in [3.8, 4) is 0 Å². The van der Waals surface area contributed by atoms with Gasteiger partial charge in [0.05, 0.1) is 12.0 Å². The molecular formula is C14H16FNO3. The summed E-state index contributed by atoms with van der Waals surface area (Å²) in [5.74, 6) is -1.66. The van der Waals surface area contributed by atoms with Gasteiger partial charge in [0.2, 0.25) is 0 Å². The minimum atomic E-state index is -0.915. The van der Waals surface area contributed by atoms with Crippen LogP contribution in [0.4, 0.5) is 4.39 Å². The van der Waals surface area contributed by atoms with E-state index in [1.54, 1.807) is 0 Å². The van der Waals surface area contributed by atoms with Crippen molar-refractivity contribution >= 4 is 11.9 Å². The molecular weight excluding hydrogens is 249 g/mol. The predicted molar refractivity (Wildman–Crippen MR) is 67.3 cm³/mol. The van der Waals surface area contributed by atoms with Gasteiger partial charge in [-0.3, -0.25) is 9.59 Å². The predicted octanol–water partition coefficient (Wildman–Crippen LogP) is 2.34. The molecule has 1 amide bonds. The molecule has 19 heavy (non-hydrogen) atoms. The molecule has 0 bridgehead atoms. The van der Waals surface area contributed by atoms with Gasteiger partial charge in [0, 0.05) is 5.56 Å². The number of hydrogen-bond acceptors (Lipinski definition) is 2. The van der Waals surface area contributed by atoms with Gasteiger partial charge in [0.15, 0.2) is 0 Å². The first-order valence-electron chi connectivity index (χ1n) is 6.31. The maximum absolute atomic E-state index is 12.8. The molecule has 5 heteroatoms. The summed E-state index contributed by atoms with van der Waals surface area (Å²) in [5, 5.41) is 11.8. The number of benzene rings is 1. The normalized spacial score (nSPS) is 17.1. The van der Waals surface area contributed by atoms with E-state index in [1.807, 2.05) is 0 Å². The fourth-order valence-corrected chi connectivity index (χ4v) is 2.60. The van der Waals surface area contributed by atoms with Crippen molar-refractivity contribution in [1.29, 1.82) is 0 Å². The zero-order chi connectivity index (χ0) is 13.9. The Morgan fingerprint density at radius 2 is 1.79 bits per heavy atom. The van der Waals surface area contributed by atoms with Crippen LogP contribution >= 0.6 is 0 Å². The molecule has 4 nitrogen and oxygen atoms in total. The standard InChI is InChI=1S/C14H16FNO3/c15-11-5-3-10(4-6-11)13(19)16-14(9-12(17)18)7-1-2-8-14/h3-6H,1-2,7-9H2,(H,16,19)(H,17,18). The molecule has 102 valence electrons. The summed E-state index contributed by atoms with van der Waals surface area (Å²) < 4.78 is 12.8. The van der Waals surface area contributed by atoms with Crippen molar-refractivity contribution in [2.24, 2.45) is 0 Å². The second-order valence-corrected chi connectivity index (χ2v) is 5.02. The number of rotatable bonds is 4. The quantitative estimate of drug-likeness (QED) is 0.878. The molecule has 0 aliphatic heterocycles. The summed E-state index contributed by atoms with van der Waals surface area (Å²) in [7, 11) is 0. The van der Waals surface area contributed by atoms with E-state index in [2.05, 4.69) is 5.32 Å². The van der Waals surface area contributed by atoms with Crippen LogP contribution in [0.5, 0.6) is 0 Å². The fraction of sp³-hybridized carbons (Fsp3) is 0.429. The first kappa shape index (κ1) is 13.5. The van der Waals surface area contributed by atoms with Crippen LogP contribution in [-0.4, -0.2) is 22.5 Å². The third-order valence-electron chi connectivity index (χ3n) is 3.54. The van der Waals surface area contributed by atoms with Crippen LogP contribution in [-0.2, 0) is 4.79 Å². The van der Waals surface area contributed by atoms with Crippen LogP contribution in [0.25, 0.3) is 0 Å². The molecule has 0 unspecified atom stereocenters. The van der Waals surface area contributed by atoms with Crippen molar-refractivity contribution < 1.29 is 19.1 Å². The van der Waals surface area contributed by atoms with Crippen molar-refractivity contribution in [2.45, 2.75) is 37.6 Å². The maximum atomic E-state index is 12.8. The molecule has 1 aromatic rings. The molecule has 2 rings (SSSR count). The third-order valence-corrected chi connectivity index (χ3v) is 3.54. The highest BCUT2D eigenvalue weighted by molar-refractivity contribution is 5.95. The van der Waals surface area contributed by atoms with E-state index >= 15 is 0 Å². The summed E-state index contributed by atoms with van der Waals surface area (Å²) in [4.78, 5) is 23.0. The molecule has 1 saturated carbocycles. The smallest absolute Gasteiger partial charge is 0.305 e. The number of carbonyl (C=O) groups excluding carboxylic acids is 1. The van der Waals surface area contributed by atoms with Crippen LogP contribution in [0.1, 0.15) is 42.5 Å². The van der Waals surface area contributed by atoms with Gasteiger partial charge in [0.1, 0.15) is 5.82 Å². The molecule has 0 spiro atoms. The van der Waals surface area contributed by atoms with E-state index in [0.717, 1.165) is 12.8 Å². The summed E-state index contributed by atoms with van der Waals surface area (Å²) in [6, 6.07) is 5.23. The summed E-state index contributed by atoms with van der Waals surface area (Å²) in [6.07, 6.45) is 3.10.